The summed E-state index contributed by atoms with van der Waals surface area (Å²) >= 11 is 6.79. The predicted molar refractivity (Wildman–Crippen MR) is 79.2 cm³/mol. The van der Waals surface area contributed by atoms with E-state index in [9.17, 15) is 15.3 Å². The second-order valence-electron chi connectivity index (χ2n) is 4.19. The van der Waals surface area contributed by atoms with Crippen molar-refractivity contribution >= 4 is 31.9 Å². The molecular formula is C12H17Br2NO4. The lowest BCUT2D eigenvalue weighted by molar-refractivity contribution is 0.0412. The van der Waals surface area contributed by atoms with Crippen LogP contribution in [0.1, 0.15) is 5.56 Å². The van der Waals surface area contributed by atoms with Crippen molar-refractivity contribution in [1.29, 1.82) is 0 Å². The number of nitrogens with one attached hydrogen (secondary N) is 1. The van der Waals surface area contributed by atoms with E-state index in [0.29, 0.717) is 12.3 Å². The first kappa shape index (κ1) is 16.9. The van der Waals surface area contributed by atoms with Crippen LogP contribution in [0.5, 0.6) is 5.75 Å². The van der Waals surface area contributed by atoms with E-state index in [2.05, 4.69) is 37.2 Å². The van der Waals surface area contributed by atoms with E-state index in [1.165, 1.54) is 0 Å². The maximum Gasteiger partial charge on any atom is 0.137 e. The van der Waals surface area contributed by atoms with Gasteiger partial charge in [-0.3, -0.25) is 0 Å². The number of ether oxygens (including phenoxy) is 1. The molecule has 0 unspecified atom stereocenters. The lowest BCUT2D eigenvalue weighted by atomic mass is 10.0. The van der Waals surface area contributed by atoms with Crippen LogP contribution in [-0.2, 0) is 6.54 Å². The lowest BCUT2D eigenvalue weighted by Gasteiger charge is -2.29. The van der Waals surface area contributed by atoms with E-state index >= 15 is 0 Å². The molecular weight excluding hydrogens is 382 g/mol. The minimum Gasteiger partial charge on any atom is -0.495 e. The Labute approximate surface area is 128 Å². The standard InChI is InChI=1S/C12H17Br2NO4/c1-19-11-8(2-9(13)3-10(11)14)4-15-12(5-16,6-17)7-18/h2-3,15-18H,4-7H2,1H3. The van der Waals surface area contributed by atoms with Crippen molar-refractivity contribution in [2.24, 2.45) is 0 Å². The maximum atomic E-state index is 9.26. The van der Waals surface area contributed by atoms with Crippen LogP contribution in [0.3, 0.4) is 0 Å². The number of halogens is 2. The van der Waals surface area contributed by atoms with Gasteiger partial charge in [0.15, 0.2) is 0 Å². The molecule has 1 aromatic rings. The van der Waals surface area contributed by atoms with E-state index in [1.807, 2.05) is 12.1 Å². The Morgan fingerprint density at radius 1 is 1.16 bits per heavy atom. The molecule has 0 heterocycles. The second kappa shape index (κ2) is 7.56. The van der Waals surface area contributed by atoms with Crippen molar-refractivity contribution in [3.63, 3.8) is 0 Å². The first-order chi connectivity index (χ1) is 9.01. The summed E-state index contributed by atoms with van der Waals surface area (Å²) in [4.78, 5) is 0. The number of aliphatic hydroxyl groups is 3. The summed E-state index contributed by atoms with van der Waals surface area (Å²) in [6.45, 7) is -0.755. The summed E-state index contributed by atoms with van der Waals surface area (Å²) in [6.07, 6.45) is 0. The van der Waals surface area contributed by atoms with Crippen LogP contribution in [0.2, 0.25) is 0 Å². The largest absolute Gasteiger partial charge is 0.495 e. The zero-order chi connectivity index (χ0) is 14.5. The molecule has 0 aromatic heterocycles. The van der Waals surface area contributed by atoms with Gasteiger partial charge in [-0.05, 0) is 28.1 Å². The topological polar surface area (TPSA) is 82.0 Å². The fourth-order valence-corrected chi connectivity index (χ4v) is 3.05. The van der Waals surface area contributed by atoms with Crippen LogP contribution < -0.4 is 10.1 Å². The molecule has 5 nitrogen and oxygen atoms in total. The maximum absolute atomic E-state index is 9.26. The molecule has 0 aliphatic heterocycles. The van der Waals surface area contributed by atoms with E-state index in [-0.39, 0.29) is 19.8 Å². The molecule has 1 rings (SSSR count). The molecule has 0 saturated heterocycles. The molecule has 108 valence electrons. The first-order valence-electron chi connectivity index (χ1n) is 5.61. The summed E-state index contributed by atoms with van der Waals surface area (Å²) in [5.74, 6) is 0.665. The Hall–Kier alpha value is -0.180. The Morgan fingerprint density at radius 3 is 2.21 bits per heavy atom. The first-order valence-corrected chi connectivity index (χ1v) is 7.20. The monoisotopic (exact) mass is 397 g/mol. The summed E-state index contributed by atoms with van der Waals surface area (Å²) < 4.78 is 6.97. The van der Waals surface area contributed by atoms with Crippen molar-refractivity contribution in [3.8, 4) is 5.75 Å². The molecule has 0 fully saturated rings. The number of methoxy groups -OCH3 is 1. The van der Waals surface area contributed by atoms with E-state index in [0.717, 1.165) is 14.5 Å². The van der Waals surface area contributed by atoms with Crippen LogP contribution in [0.4, 0.5) is 0 Å². The molecule has 7 heteroatoms. The van der Waals surface area contributed by atoms with Gasteiger partial charge in [0.1, 0.15) is 5.75 Å². The van der Waals surface area contributed by atoms with Gasteiger partial charge in [-0.25, -0.2) is 0 Å². The smallest absolute Gasteiger partial charge is 0.137 e. The van der Waals surface area contributed by atoms with Crippen molar-refractivity contribution in [3.05, 3.63) is 26.6 Å². The number of benzene rings is 1. The minimum atomic E-state index is -1.11. The van der Waals surface area contributed by atoms with Crippen LogP contribution in [0, 0.1) is 0 Å². The highest BCUT2D eigenvalue weighted by atomic mass is 79.9. The van der Waals surface area contributed by atoms with Crippen molar-refractivity contribution < 1.29 is 20.1 Å². The van der Waals surface area contributed by atoms with Crippen molar-refractivity contribution in [2.45, 2.75) is 12.1 Å². The third kappa shape index (κ3) is 4.14. The van der Waals surface area contributed by atoms with E-state index in [1.54, 1.807) is 7.11 Å². The highest BCUT2D eigenvalue weighted by Gasteiger charge is 2.27. The van der Waals surface area contributed by atoms with Gasteiger partial charge in [-0.1, -0.05) is 15.9 Å². The predicted octanol–water partition coefficient (Wildman–Crippen LogP) is 1.03. The molecule has 0 amide bonds. The Balaban J connectivity index is 2.93. The number of rotatable bonds is 7. The normalized spacial score (nSPS) is 11.7. The van der Waals surface area contributed by atoms with Crippen molar-refractivity contribution in [1.82, 2.24) is 5.32 Å². The van der Waals surface area contributed by atoms with E-state index < -0.39 is 5.54 Å². The highest BCUT2D eigenvalue weighted by molar-refractivity contribution is 9.11. The van der Waals surface area contributed by atoms with Gasteiger partial charge in [0.25, 0.3) is 0 Å². The minimum absolute atomic E-state index is 0.336. The molecule has 19 heavy (non-hydrogen) atoms. The van der Waals surface area contributed by atoms with Crippen LogP contribution in [0.25, 0.3) is 0 Å². The Kier molecular flexibility index (Phi) is 6.72. The van der Waals surface area contributed by atoms with Gasteiger partial charge in [0.2, 0.25) is 0 Å². The molecule has 4 N–H and O–H groups in total. The molecule has 0 aliphatic carbocycles. The fraction of sp³-hybridized carbons (Fsp3) is 0.500. The summed E-state index contributed by atoms with van der Waals surface area (Å²) in [5, 5.41) is 30.7. The summed E-state index contributed by atoms with van der Waals surface area (Å²) in [7, 11) is 1.56. The van der Waals surface area contributed by atoms with Gasteiger partial charge in [0.05, 0.1) is 36.9 Å². The van der Waals surface area contributed by atoms with Gasteiger partial charge in [-0.15, -0.1) is 0 Å². The Morgan fingerprint density at radius 2 is 1.74 bits per heavy atom. The lowest BCUT2D eigenvalue weighted by Crippen LogP contribution is -2.54. The second-order valence-corrected chi connectivity index (χ2v) is 5.96. The number of hydrogen-bond acceptors (Lipinski definition) is 5. The number of aliphatic hydroxyl groups excluding tert-OH is 3. The van der Waals surface area contributed by atoms with Crippen LogP contribution in [-0.4, -0.2) is 47.8 Å². The van der Waals surface area contributed by atoms with Gasteiger partial charge < -0.3 is 25.4 Å². The SMILES string of the molecule is COc1c(Br)cc(Br)cc1CNC(CO)(CO)CO. The quantitative estimate of drug-likeness (QED) is 0.551. The summed E-state index contributed by atoms with van der Waals surface area (Å²) in [5.41, 5.74) is -0.275. The third-order valence-corrected chi connectivity index (χ3v) is 3.90. The molecule has 0 bridgehead atoms. The fourth-order valence-electron chi connectivity index (χ4n) is 1.57. The molecule has 0 radical (unpaired) electrons. The van der Waals surface area contributed by atoms with Gasteiger partial charge in [-0.2, -0.15) is 0 Å². The van der Waals surface area contributed by atoms with Crippen LogP contribution >= 0.6 is 31.9 Å². The molecule has 0 atom stereocenters. The highest BCUT2D eigenvalue weighted by Crippen LogP contribution is 2.32. The average molecular weight is 399 g/mol. The zero-order valence-corrected chi connectivity index (χ0v) is 13.7. The molecule has 0 saturated carbocycles. The zero-order valence-electron chi connectivity index (χ0n) is 10.5. The third-order valence-electron chi connectivity index (χ3n) is 2.85. The summed E-state index contributed by atoms with van der Waals surface area (Å²) in [6, 6.07) is 3.73. The number of hydrogen-bond donors (Lipinski definition) is 4. The molecule has 1 aromatic carbocycles. The average Bonchev–Trinajstić information content (AvgIpc) is 2.40. The van der Waals surface area contributed by atoms with Crippen LogP contribution in [0.15, 0.2) is 21.1 Å². The molecule has 0 spiro atoms. The molecule has 0 aliphatic rings. The van der Waals surface area contributed by atoms with E-state index in [4.69, 9.17) is 4.74 Å². The van der Waals surface area contributed by atoms with Gasteiger partial charge >= 0.3 is 0 Å². The van der Waals surface area contributed by atoms with Gasteiger partial charge in [0, 0.05) is 16.6 Å². The Bertz CT molecular complexity index is 416. The van der Waals surface area contributed by atoms with Crippen molar-refractivity contribution in [2.75, 3.05) is 26.9 Å².